The van der Waals surface area contributed by atoms with Crippen LogP contribution < -0.4 is 5.32 Å². The molecule has 0 aromatic heterocycles. The van der Waals surface area contributed by atoms with Crippen LogP contribution >= 0.6 is 0 Å². The number of urea groups is 1. The molecular formula is C34H44N4O3. The van der Waals surface area contributed by atoms with Crippen molar-refractivity contribution in [1.29, 1.82) is 0 Å². The van der Waals surface area contributed by atoms with Crippen molar-refractivity contribution in [1.82, 2.24) is 20.0 Å². The summed E-state index contributed by atoms with van der Waals surface area (Å²) in [6.45, 7) is 3.58. The molecule has 1 atom stereocenters. The minimum atomic E-state index is -0.0535. The number of carbonyl (C=O) groups is 3. The zero-order valence-electron chi connectivity index (χ0n) is 24.2. The van der Waals surface area contributed by atoms with E-state index in [-0.39, 0.29) is 30.1 Å². The van der Waals surface area contributed by atoms with E-state index < -0.39 is 0 Å². The second kappa shape index (κ2) is 12.8. The number of benzene rings is 2. The van der Waals surface area contributed by atoms with Gasteiger partial charge in [0.2, 0.25) is 0 Å². The zero-order chi connectivity index (χ0) is 28.2. The van der Waals surface area contributed by atoms with Gasteiger partial charge in [-0.05, 0) is 61.8 Å². The largest absolute Gasteiger partial charge is 0.349 e. The fourth-order valence-electron chi connectivity index (χ4n) is 7.41. The van der Waals surface area contributed by atoms with Crippen LogP contribution in [0.1, 0.15) is 98.2 Å². The number of nitrogens with one attached hydrogen (secondary N) is 1. The highest BCUT2D eigenvalue weighted by atomic mass is 16.2. The fraction of sp³-hybridized carbons (Fsp3) is 0.559. The zero-order valence-corrected chi connectivity index (χ0v) is 24.2. The van der Waals surface area contributed by atoms with Crippen molar-refractivity contribution in [3.8, 4) is 0 Å². The second-order valence-corrected chi connectivity index (χ2v) is 12.6. The van der Waals surface area contributed by atoms with Gasteiger partial charge < -0.3 is 15.1 Å². The number of hydrogen-bond acceptors (Lipinski definition) is 4. The molecule has 1 N–H and O–H groups in total. The maximum atomic E-state index is 13.9. The van der Waals surface area contributed by atoms with Crippen molar-refractivity contribution in [3.63, 3.8) is 0 Å². The van der Waals surface area contributed by atoms with Crippen LogP contribution in [0.25, 0.3) is 0 Å². The molecule has 4 fully saturated rings. The Morgan fingerprint density at radius 2 is 1.46 bits per heavy atom. The molecule has 2 aromatic rings. The summed E-state index contributed by atoms with van der Waals surface area (Å²) in [7, 11) is 0. The van der Waals surface area contributed by atoms with Gasteiger partial charge in [0.1, 0.15) is 5.78 Å². The molecule has 2 saturated carbocycles. The molecule has 218 valence electrons. The Bertz CT molecular complexity index is 1190. The molecule has 2 aromatic carbocycles. The quantitative estimate of drug-likeness (QED) is 0.475. The topological polar surface area (TPSA) is 73.0 Å². The summed E-state index contributed by atoms with van der Waals surface area (Å²) >= 11 is 0. The highest BCUT2D eigenvalue weighted by Crippen LogP contribution is 2.38. The molecule has 7 heteroatoms. The molecule has 6 rings (SSSR count). The molecule has 2 aliphatic carbocycles. The van der Waals surface area contributed by atoms with Gasteiger partial charge in [-0.1, -0.05) is 61.7 Å². The van der Waals surface area contributed by atoms with Crippen LogP contribution in [0.2, 0.25) is 0 Å². The first kappa shape index (κ1) is 28.0. The van der Waals surface area contributed by atoms with E-state index in [1.165, 1.54) is 30.4 Å². The van der Waals surface area contributed by atoms with E-state index in [1.54, 1.807) is 0 Å². The predicted molar refractivity (Wildman–Crippen MR) is 159 cm³/mol. The summed E-state index contributed by atoms with van der Waals surface area (Å²) in [6.07, 6.45) is 10.6. The summed E-state index contributed by atoms with van der Waals surface area (Å²) in [5.74, 6) is 0.246. The molecule has 3 amide bonds. The van der Waals surface area contributed by atoms with E-state index >= 15 is 0 Å². The van der Waals surface area contributed by atoms with Crippen molar-refractivity contribution >= 4 is 17.7 Å². The molecule has 4 aliphatic rings. The van der Waals surface area contributed by atoms with Gasteiger partial charge in [-0.2, -0.15) is 0 Å². The van der Waals surface area contributed by atoms with Crippen molar-refractivity contribution in [2.75, 3.05) is 19.6 Å². The van der Waals surface area contributed by atoms with E-state index in [2.05, 4.69) is 62.5 Å². The minimum Gasteiger partial charge on any atom is -0.349 e. The standard InChI is InChI=1S/C34H44N4O3/c39-31-17-15-28(16-18-31)35-33(40)27-13-11-25(12-14-27)23-36-21-19-30(20-22-36)38-32(26-7-3-1-4-8-26)24-37(34(38)41)29-9-5-2-6-10-29/h1,3-4,7-8,11-14,28-30,32H,2,5-6,9-10,15-24H2,(H,35,40)/t32-/m0/s1. The van der Waals surface area contributed by atoms with Gasteiger partial charge in [0.15, 0.2) is 0 Å². The monoisotopic (exact) mass is 556 g/mol. The highest BCUT2D eigenvalue weighted by Gasteiger charge is 2.45. The molecule has 2 aliphatic heterocycles. The molecule has 41 heavy (non-hydrogen) atoms. The first-order valence-corrected chi connectivity index (χ1v) is 15.8. The highest BCUT2D eigenvalue weighted by molar-refractivity contribution is 5.94. The number of rotatable bonds is 7. The van der Waals surface area contributed by atoms with Gasteiger partial charge in [0.05, 0.1) is 6.04 Å². The molecule has 2 heterocycles. The average molecular weight is 557 g/mol. The van der Waals surface area contributed by atoms with E-state index in [9.17, 15) is 14.4 Å². The van der Waals surface area contributed by atoms with Crippen LogP contribution in [0.5, 0.6) is 0 Å². The number of carbonyl (C=O) groups excluding carboxylic acids is 3. The van der Waals surface area contributed by atoms with Crippen molar-refractivity contribution in [2.24, 2.45) is 0 Å². The summed E-state index contributed by atoms with van der Waals surface area (Å²) in [5, 5.41) is 3.09. The molecule has 0 spiro atoms. The lowest BCUT2D eigenvalue weighted by Crippen LogP contribution is -2.48. The summed E-state index contributed by atoms with van der Waals surface area (Å²) in [6, 6.07) is 19.7. The Labute approximate surface area is 244 Å². The molecule has 2 saturated heterocycles. The number of hydrogen-bond donors (Lipinski definition) is 1. The maximum Gasteiger partial charge on any atom is 0.321 e. The predicted octanol–water partition coefficient (Wildman–Crippen LogP) is 5.70. The maximum absolute atomic E-state index is 13.9. The fourth-order valence-corrected chi connectivity index (χ4v) is 7.41. The molecule has 0 unspecified atom stereocenters. The first-order valence-electron chi connectivity index (χ1n) is 15.8. The third kappa shape index (κ3) is 6.50. The van der Waals surface area contributed by atoms with Gasteiger partial charge in [-0.3, -0.25) is 14.5 Å². The van der Waals surface area contributed by atoms with Crippen molar-refractivity contribution in [2.45, 2.75) is 101 Å². The Morgan fingerprint density at radius 1 is 0.780 bits per heavy atom. The molecular weight excluding hydrogens is 512 g/mol. The van der Waals surface area contributed by atoms with Gasteiger partial charge in [0.25, 0.3) is 5.91 Å². The van der Waals surface area contributed by atoms with E-state index in [0.29, 0.717) is 30.2 Å². The summed E-state index contributed by atoms with van der Waals surface area (Å²) in [5.41, 5.74) is 3.13. The normalized spacial score (nSPS) is 23.8. The molecule has 7 nitrogen and oxygen atoms in total. The van der Waals surface area contributed by atoms with Crippen molar-refractivity contribution in [3.05, 3.63) is 71.3 Å². The van der Waals surface area contributed by atoms with Gasteiger partial charge in [-0.15, -0.1) is 0 Å². The molecule has 0 radical (unpaired) electrons. The third-order valence-corrected chi connectivity index (χ3v) is 9.82. The Kier molecular flexibility index (Phi) is 8.70. The summed E-state index contributed by atoms with van der Waals surface area (Å²) in [4.78, 5) is 45.0. The number of likely N-dealkylation sites (tertiary alicyclic amines) is 1. The Hall–Kier alpha value is -3.19. The van der Waals surface area contributed by atoms with Crippen LogP contribution in [0.3, 0.4) is 0 Å². The van der Waals surface area contributed by atoms with Crippen LogP contribution in [0.4, 0.5) is 4.79 Å². The van der Waals surface area contributed by atoms with Crippen molar-refractivity contribution < 1.29 is 14.4 Å². The number of ketones is 1. The van der Waals surface area contributed by atoms with Crippen LogP contribution in [0.15, 0.2) is 54.6 Å². The number of Topliss-reactive ketones (excluding diaryl/α,β-unsaturated/α-hetero) is 1. The Morgan fingerprint density at radius 3 is 2.15 bits per heavy atom. The Balaban J connectivity index is 1.04. The lowest BCUT2D eigenvalue weighted by atomic mass is 9.94. The van der Waals surface area contributed by atoms with E-state index in [1.807, 2.05) is 12.1 Å². The third-order valence-electron chi connectivity index (χ3n) is 9.82. The van der Waals surface area contributed by atoms with E-state index in [4.69, 9.17) is 0 Å². The minimum absolute atomic E-state index is 0.0535. The van der Waals surface area contributed by atoms with Gasteiger partial charge in [0, 0.05) is 62.7 Å². The number of piperidine rings is 1. The second-order valence-electron chi connectivity index (χ2n) is 12.6. The molecule has 0 bridgehead atoms. The van der Waals surface area contributed by atoms with Crippen LogP contribution in [0, 0.1) is 0 Å². The number of amides is 3. The summed E-state index contributed by atoms with van der Waals surface area (Å²) < 4.78 is 0. The van der Waals surface area contributed by atoms with E-state index in [0.717, 1.165) is 64.7 Å². The van der Waals surface area contributed by atoms with Gasteiger partial charge in [-0.25, -0.2) is 4.79 Å². The average Bonchev–Trinajstić information content (AvgIpc) is 3.37. The SMILES string of the molecule is O=C1CCC(NC(=O)c2ccc(CN3CCC(N4C(=O)N(C5CCCCC5)C[C@H]4c4ccccc4)CC3)cc2)CC1. The number of nitrogens with zero attached hydrogens (tertiary/aromatic N) is 3. The smallest absolute Gasteiger partial charge is 0.321 e. The lowest BCUT2D eigenvalue weighted by molar-refractivity contribution is -0.120. The van der Waals surface area contributed by atoms with Gasteiger partial charge >= 0.3 is 6.03 Å². The van der Waals surface area contributed by atoms with Crippen LogP contribution in [-0.4, -0.2) is 70.2 Å². The first-order chi connectivity index (χ1) is 20.0. The lowest BCUT2D eigenvalue weighted by Gasteiger charge is -2.39. The van der Waals surface area contributed by atoms with Crippen LogP contribution in [-0.2, 0) is 11.3 Å².